The van der Waals surface area contributed by atoms with Crippen molar-refractivity contribution in [1.29, 1.82) is 0 Å². The number of hydrogen-bond donors (Lipinski definition) is 2. The molecule has 1 unspecified atom stereocenters. The fraction of sp³-hybridized carbons (Fsp3) is 0.375. The maximum atomic E-state index is 12.9. The molecule has 2 aromatic carbocycles. The van der Waals surface area contributed by atoms with Gasteiger partial charge in [0.15, 0.2) is 0 Å². The lowest BCUT2D eigenvalue weighted by molar-refractivity contribution is -0.126. The van der Waals surface area contributed by atoms with Crippen LogP contribution in [0.2, 0.25) is 5.02 Å². The number of nitrogens with zero attached hydrogens (tertiary/aromatic N) is 1. The van der Waals surface area contributed by atoms with Gasteiger partial charge in [0.2, 0.25) is 5.91 Å². The van der Waals surface area contributed by atoms with E-state index < -0.39 is 0 Å². The molecule has 2 aromatic rings. The highest BCUT2D eigenvalue weighted by Gasteiger charge is 2.28. The van der Waals surface area contributed by atoms with Gasteiger partial charge in [-0.05, 0) is 67.3 Å². The summed E-state index contributed by atoms with van der Waals surface area (Å²) in [4.78, 5) is 39.4. The second kappa shape index (κ2) is 10.4. The Morgan fingerprint density at radius 1 is 1.03 bits per heavy atom. The molecule has 1 saturated heterocycles. The fourth-order valence-corrected chi connectivity index (χ4v) is 3.63. The summed E-state index contributed by atoms with van der Waals surface area (Å²) < 4.78 is 0. The predicted octanol–water partition coefficient (Wildman–Crippen LogP) is 4.22. The first-order chi connectivity index (χ1) is 14.8. The second-order valence-electron chi connectivity index (χ2n) is 8.27. The molecular weight excluding hydrogens is 414 g/mol. The molecule has 0 saturated carbocycles. The van der Waals surface area contributed by atoms with E-state index >= 15 is 0 Å². The molecule has 164 valence electrons. The summed E-state index contributed by atoms with van der Waals surface area (Å²) in [6, 6.07) is 13.4. The van der Waals surface area contributed by atoms with Crippen molar-refractivity contribution >= 4 is 35.0 Å². The van der Waals surface area contributed by atoms with Gasteiger partial charge in [-0.15, -0.1) is 0 Å². The monoisotopic (exact) mass is 441 g/mol. The Morgan fingerprint density at radius 2 is 1.68 bits per heavy atom. The van der Waals surface area contributed by atoms with Gasteiger partial charge in [0.1, 0.15) is 0 Å². The largest absolute Gasteiger partial charge is 0.356 e. The van der Waals surface area contributed by atoms with Gasteiger partial charge in [-0.2, -0.15) is 0 Å². The SMILES string of the molecule is CC(C)CNC(=O)C1CCCN(C(=O)c2ccc(NC(=O)c3ccc(Cl)cc3)cc2)C1. The summed E-state index contributed by atoms with van der Waals surface area (Å²) in [6.07, 6.45) is 1.60. The topological polar surface area (TPSA) is 78.5 Å². The quantitative estimate of drug-likeness (QED) is 0.704. The first-order valence-corrected chi connectivity index (χ1v) is 10.9. The molecule has 2 N–H and O–H groups in total. The van der Waals surface area contributed by atoms with E-state index in [9.17, 15) is 14.4 Å². The van der Waals surface area contributed by atoms with Crippen LogP contribution in [-0.4, -0.2) is 42.3 Å². The van der Waals surface area contributed by atoms with Crippen LogP contribution in [0.25, 0.3) is 0 Å². The lowest BCUT2D eigenvalue weighted by Gasteiger charge is -2.32. The summed E-state index contributed by atoms with van der Waals surface area (Å²) >= 11 is 5.85. The molecule has 0 aromatic heterocycles. The first kappa shape index (κ1) is 22.8. The molecule has 1 atom stereocenters. The first-order valence-electron chi connectivity index (χ1n) is 10.6. The minimum Gasteiger partial charge on any atom is -0.356 e. The zero-order chi connectivity index (χ0) is 22.4. The van der Waals surface area contributed by atoms with E-state index in [2.05, 4.69) is 24.5 Å². The number of benzene rings is 2. The van der Waals surface area contributed by atoms with Gasteiger partial charge in [0.05, 0.1) is 5.92 Å². The molecule has 31 heavy (non-hydrogen) atoms. The minimum atomic E-state index is -0.248. The number of piperidine rings is 1. The fourth-order valence-electron chi connectivity index (χ4n) is 3.51. The van der Waals surface area contributed by atoms with Crippen LogP contribution in [0.4, 0.5) is 5.69 Å². The van der Waals surface area contributed by atoms with Crippen LogP contribution in [-0.2, 0) is 4.79 Å². The zero-order valence-corrected chi connectivity index (χ0v) is 18.6. The van der Waals surface area contributed by atoms with E-state index in [-0.39, 0.29) is 23.6 Å². The Labute approximate surface area is 188 Å². The van der Waals surface area contributed by atoms with E-state index in [0.717, 1.165) is 12.8 Å². The van der Waals surface area contributed by atoms with Crippen LogP contribution >= 0.6 is 11.6 Å². The van der Waals surface area contributed by atoms with E-state index in [4.69, 9.17) is 11.6 Å². The number of carbonyl (C=O) groups is 3. The molecule has 3 rings (SSSR count). The summed E-state index contributed by atoms with van der Waals surface area (Å²) in [5.41, 5.74) is 1.63. The van der Waals surface area contributed by atoms with E-state index in [1.807, 2.05) is 0 Å². The molecule has 0 bridgehead atoms. The van der Waals surface area contributed by atoms with Crippen LogP contribution in [0.1, 0.15) is 47.4 Å². The van der Waals surface area contributed by atoms with Crippen molar-refractivity contribution in [3.05, 3.63) is 64.7 Å². The number of anilines is 1. The van der Waals surface area contributed by atoms with Gasteiger partial charge in [0.25, 0.3) is 11.8 Å². The summed E-state index contributed by atoms with van der Waals surface area (Å²) in [5, 5.41) is 6.34. The molecular formula is C24H28ClN3O3. The molecule has 7 heteroatoms. The van der Waals surface area contributed by atoms with Crippen molar-refractivity contribution in [2.45, 2.75) is 26.7 Å². The lowest BCUT2D eigenvalue weighted by Crippen LogP contribution is -2.46. The molecule has 6 nitrogen and oxygen atoms in total. The third-order valence-electron chi connectivity index (χ3n) is 5.26. The number of carbonyl (C=O) groups excluding carboxylic acids is 3. The molecule has 1 aliphatic heterocycles. The number of amides is 3. The highest BCUT2D eigenvalue weighted by atomic mass is 35.5. The maximum Gasteiger partial charge on any atom is 0.255 e. The Kier molecular flexibility index (Phi) is 7.69. The van der Waals surface area contributed by atoms with Crippen molar-refractivity contribution in [1.82, 2.24) is 10.2 Å². The highest BCUT2D eigenvalue weighted by molar-refractivity contribution is 6.30. The minimum absolute atomic E-state index is 0.0199. The zero-order valence-electron chi connectivity index (χ0n) is 17.9. The molecule has 0 aliphatic carbocycles. The Bertz CT molecular complexity index is 926. The van der Waals surface area contributed by atoms with Crippen LogP contribution in [0.15, 0.2) is 48.5 Å². The smallest absolute Gasteiger partial charge is 0.255 e. The third kappa shape index (κ3) is 6.31. The average molecular weight is 442 g/mol. The number of halogens is 1. The van der Waals surface area contributed by atoms with E-state index in [0.29, 0.717) is 47.4 Å². The number of hydrogen-bond acceptors (Lipinski definition) is 3. The van der Waals surface area contributed by atoms with E-state index in [1.54, 1.807) is 53.4 Å². The second-order valence-corrected chi connectivity index (χ2v) is 8.70. The van der Waals surface area contributed by atoms with Crippen molar-refractivity contribution in [3.8, 4) is 0 Å². The van der Waals surface area contributed by atoms with E-state index in [1.165, 1.54) is 0 Å². The predicted molar refractivity (Wildman–Crippen MR) is 122 cm³/mol. The lowest BCUT2D eigenvalue weighted by atomic mass is 9.96. The van der Waals surface area contributed by atoms with Crippen molar-refractivity contribution < 1.29 is 14.4 Å². The Morgan fingerprint density at radius 3 is 2.32 bits per heavy atom. The molecule has 1 aliphatic rings. The summed E-state index contributed by atoms with van der Waals surface area (Å²) in [6.45, 7) is 5.82. The van der Waals surface area contributed by atoms with Crippen LogP contribution in [0, 0.1) is 11.8 Å². The number of likely N-dealkylation sites (tertiary alicyclic amines) is 1. The third-order valence-corrected chi connectivity index (χ3v) is 5.51. The molecule has 0 spiro atoms. The van der Waals surface area contributed by atoms with Crippen LogP contribution in [0.5, 0.6) is 0 Å². The van der Waals surface area contributed by atoms with Crippen molar-refractivity contribution in [3.63, 3.8) is 0 Å². The molecule has 0 radical (unpaired) electrons. The summed E-state index contributed by atoms with van der Waals surface area (Å²) in [5.74, 6) is -0.108. The maximum absolute atomic E-state index is 12.9. The standard InChI is InChI=1S/C24H28ClN3O3/c1-16(2)14-26-22(29)19-4-3-13-28(15-19)24(31)18-7-11-21(12-8-18)27-23(30)17-5-9-20(25)10-6-17/h5-12,16,19H,3-4,13-15H2,1-2H3,(H,26,29)(H,27,30). The van der Waals surface area contributed by atoms with Gasteiger partial charge in [-0.25, -0.2) is 0 Å². The van der Waals surface area contributed by atoms with Crippen LogP contribution < -0.4 is 10.6 Å². The number of nitrogens with one attached hydrogen (secondary N) is 2. The molecule has 3 amide bonds. The van der Waals surface area contributed by atoms with Gasteiger partial charge in [-0.3, -0.25) is 14.4 Å². The van der Waals surface area contributed by atoms with Gasteiger partial charge >= 0.3 is 0 Å². The van der Waals surface area contributed by atoms with Gasteiger partial charge in [0, 0.05) is 41.5 Å². The van der Waals surface area contributed by atoms with Crippen molar-refractivity contribution in [2.75, 3.05) is 25.0 Å². The van der Waals surface area contributed by atoms with Gasteiger partial charge in [-0.1, -0.05) is 25.4 Å². The van der Waals surface area contributed by atoms with Crippen LogP contribution in [0.3, 0.4) is 0 Å². The van der Waals surface area contributed by atoms with Crippen molar-refractivity contribution in [2.24, 2.45) is 11.8 Å². The highest BCUT2D eigenvalue weighted by Crippen LogP contribution is 2.20. The molecule has 1 fully saturated rings. The molecule has 1 heterocycles. The normalized spacial score (nSPS) is 16.1. The number of rotatable bonds is 6. The van der Waals surface area contributed by atoms with Gasteiger partial charge < -0.3 is 15.5 Å². The Balaban J connectivity index is 1.58. The summed E-state index contributed by atoms with van der Waals surface area (Å²) in [7, 11) is 0. The average Bonchev–Trinajstić information content (AvgIpc) is 2.78. The Hall–Kier alpha value is -2.86.